The first kappa shape index (κ1) is 82.1. The van der Waals surface area contributed by atoms with Gasteiger partial charge in [-0.1, -0.05) is 343 Å². The van der Waals surface area contributed by atoms with Crippen LogP contribution in [0.25, 0.3) is 0 Å². The number of carbonyl (C=O) groups is 4. The van der Waals surface area contributed by atoms with E-state index in [2.05, 4.69) is 27.7 Å². The second-order valence-corrected chi connectivity index (χ2v) is 34.7. The van der Waals surface area contributed by atoms with Crippen LogP contribution in [0.2, 0.25) is 0 Å². The molecule has 0 aromatic carbocycles. The minimum atomic E-state index is -1.15. The fourth-order valence-corrected chi connectivity index (χ4v) is 19.6. The Labute approximate surface area is 524 Å². The van der Waals surface area contributed by atoms with Crippen molar-refractivity contribution in [2.24, 2.45) is 0 Å². The summed E-state index contributed by atoms with van der Waals surface area (Å²) in [6.07, 6.45) is 58.6. The summed E-state index contributed by atoms with van der Waals surface area (Å²) in [7, 11) is 0. The molecule has 0 aromatic heterocycles. The SMILES string of the molecule is CCCCCCCCCCCCCOC(=O)CSP(OCCCCCCOP(SCC(=O)OCCCCCCCCCCCCC)SCC(=O)OCCCCCCCCCCCCC)SCC(=O)OCCCCCCCCCCCCC. The first-order valence-electron chi connectivity index (χ1n) is 34.4. The molecule has 0 aliphatic carbocycles. The zero-order valence-corrected chi connectivity index (χ0v) is 58.7. The van der Waals surface area contributed by atoms with E-state index < -0.39 is 13.1 Å². The predicted octanol–water partition coefficient (Wildman–Crippen LogP) is 23.4. The van der Waals surface area contributed by atoms with Crippen LogP contribution in [0.15, 0.2) is 0 Å². The summed E-state index contributed by atoms with van der Waals surface area (Å²) >= 11 is 5.79. The van der Waals surface area contributed by atoms with Crippen LogP contribution in [-0.2, 0) is 47.2 Å². The summed E-state index contributed by atoms with van der Waals surface area (Å²) in [6.45, 7) is 9.63. The molecule has 10 nitrogen and oxygen atoms in total. The highest BCUT2D eigenvalue weighted by Gasteiger charge is 2.19. The van der Waals surface area contributed by atoms with Gasteiger partial charge < -0.3 is 28.0 Å². The van der Waals surface area contributed by atoms with E-state index in [1.54, 1.807) is 0 Å². The summed E-state index contributed by atoms with van der Waals surface area (Å²) in [5.41, 5.74) is 0. The third kappa shape index (κ3) is 66.0. The van der Waals surface area contributed by atoms with E-state index in [9.17, 15) is 19.2 Å². The lowest BCUT2D eigenvalue weighted by Gasteiger charge is -2.16. The number of carbonyl (C=O) groups excluding carboxylic acids is 4. The molecule has 0 atom stereocenters. The van der Waals surface area contributed by atoms with Gasteiger partial charge in [-0.2, -0.15) is 0 Å². The number of esters is 4. The summed E-state index contributed by atoms with van der Waals surface area (Å²) in [4.78, 5) is 51.1. The lowest BCUT2D eigenvalue weighted by Crippen LogP contribution is -2.09. The van der Waals surface area contributed by atoms with Crippen LogP contribution in [0.1, 0.15) is 336 Å². The molecule has 0 unspecified atom stereocenters. The van der Waals surface area contributed by atoms with E-state index in [-0.39, 0.29) is 46.9 Å². The molecular weight excluding hydrogens is 1140 g/mol. The highest BCUT2D eigenvalue weighted by atomic mass is 33.1. The molecule has 16 heteroatoms. The maximum atomic E-state index is 12.8. The monoisotopic (exact) mass is 1270 g/mol. The third-order valence-electron chi connectivity index (χ3n) is 14.6. The fraction of sp³-hybridized carbons (Fsp3) is 0.939. The van der Waals surface area contributed by atoms with Crippen molar-refractivity contribution in [3.05, 3.63) is 0 Å². The van der Waals surface area contributed by atoms with Crippen LogP contribution in [0, 0.1) is 0 Å². The van der Waals surface area contributed by atoms with Crippen LogP contribution in [0.4, 0.5) is 0 Å². The molecule has 0 fully saturated rings. The van der Waals surface area contributed by atoms with Gasteiger partial charge in [0.25, 0.3) is 0 Å². The van der Waals surface area contributed by atoms with Gasteiger partial charge in [0, 0.05) is 0 Å². The molecule has 0 heterocycles. The Hall–Kier alpha value is 0.0600. The third-order valence-corrected chi connectivity index (χ3v) is 26.9. The number of hydrogen-bond acceptors (Lipinski definition) is 14. The Balaban J connectivity index is 4.90. The van der Waals surface area contributed by atoms with Gasteiger partial charge in [0.1, 0.15) is 0 Å². The molecule has 0 aromatic rings. The molecular formula is C66H128O10P2S4. The Morgan fingerprint density at radius 2 is 0.366 bits per heavy atom. The number of unbranched alkanes of at least 4 members (excludes halogenated alkanes) is 43. The Morgan fingerprint density at radius 3 is 0.537 bits per heavy atom. The van der Waals surface area contributed by atoms with Crippen molar-refractivity contribution in [1.29, 1.82) is 0 Å². The zero-order chi connectivity index (χ0) is 59.5. The molecule has 0 saturated carbocycles. The minimum Gasteiger partial charge on any atom is -0.465 e. The summed E-state index contributed by atoms with van der Waals surface area (Å²) in [6, 6.07) is 0. The van der Waals surface area contributed by atoms with Gasteiger partial charge in [0.05, 0.1) is 62.7 Å². The predicted molar refractivity (Wildman–Crippen MR) is 364 cm³/mol. The molecule has 0 rings (SSSR count). The van der Waals surface area contributed by atoms with E-state index >= 15 is 0 Å². The molecule has 0 N–H and O–H groups in total. The summed E-state index contributed by atoms with van der Waals surface area (Å²) in [5.74, 6) is -0.0857. The average Bonchev–Trinajstić information content (AvgIpc) is 3.47. The number of ether oxygens (including phenoxy) is 4. The molecule has 0 amide bonds. The van der Waals surface area contributed by atoms with Crippen LogP contribution >= 0.6 is 58.6 Å². The first-order valence-corrected chi connectivity index (χ1v) is 43.2. The van der Waals surface area contributed by atoms with Gasteiger partial charge >= 0.3 is 23.9 Å². The van der Waals surface area contributed by atoms with Gasteiger partial charge in [-0.3, -0.25) is 19.2 Å². The van der Waals surface area contributed by atoms with Crippen molar-refractivity contribution >= 4 is 82.5 Å². The Morgan fingerprint density at radius 1 is 0.220 bits per heavy atom. The maximum absolute atomic E-state index is 12.8. The van der Waals surface area contributed by atoms with Gasteiger partial charge in [-0.25, -0.2) is 0 Å². The van der Waals surface area contributed by atoms with Gasteiger partial charge in [-0.15, -0.1) is 0 Å². The molecule has 82 heavy (non-hydrogen) atoms. The first-order chi connectivity index (χ1) is 40.4. The summed E-state index contributed by atoms with van der Waals surface area (Å²) < 4.78 is 35.1. The standard InChI is InChI=1S/C66H128O10P2S4/c1-5-9-13-17-21-25-29-33-37-41-47-53-71-63(67)59-79-77(80-60-64(68)72-54-48-42-38-34-30-26-22-18-14-10-6-2)75-57-51-45-46-52-58-76-78(81-61-65(69)73-55-49-43-39-35-31-27-23-19-15-11-7-3)82-62-66(70)74-56-50-44-40-36-32-28-24-20-16-12-8-4/h5-62H2,1-4H3. The lowest BCUT2D eigenvalue weighted by molar-refractivity contribution is -0.141. The second-order valence-electron chi connectivity index (χ2n) is 22.6. The molecule has 0 spiro atoms. The van der Waals surface area contributed by atoms with E-state index in [1.807, 2.05) is 0 Å². The van der Waals surface area contributed by atoms with Crippen molar-refractivity contribution < 1.29 is 47.2 Å². The van der Waals surface area contributed by atoms with Crippen LogP contribution < -0.4 is 0 Å². The Bertz CT molecular complexity index is 1170. The number of rotatable bonds is 69. The minimum absolute atomic E-state index is 0.203. The smallest absolute Gasteiger partial charge is 0.316 e. The molecule has 0 saturated heterocycles. The molecule has 0 aliphatic rings. The molecule has 0 bridgehead atoms. The van der Waals surface area contributed by atoms with E-state index in [4.69, 9.17) is 28.0 Å². The quantitative estimate of drug-likeness (QED) is 0.0248. The van der Waals surface area contributed by atoms with Crippen molar-refractivity contribution in [2.75, 3.05) is 62.7 Å². The van der Waals surface area contributed by atoms with Gasteiger partial charge in [-0.05, 0) is 38.5 Å². The topological polar surface area (TPSA) is 124 Å². The molecule has 0 aliphatic heterocycles. The van der Waals surface area contributed by atoms with Crippen molar-refractivity contribution in [3.63, 3.8) is 0 Å². The highest BCUT2D eigenvalue weighted by molar-refractivity contribution is 8.87. The van der Waals surface area contributed by atoms with Gasteiger partial charge in [0.15, 0.2) is 13.1 Å². The number of hydrogen-bond donors (Lipinski definition) is 0. The average molecular weight is 1270 g/mol. The molecule has 486 valence electrons. The fourth-order valence-electron chi connectivity index (χ4n) is 9.46. The van der Waals surface area contributed by atoms with Crippen molar-refractivity contribution in [1.82, 2.24) is 0 Å². The van der Waals surface area contributed by atoms with E-state index in [0.717, 1.165) is 77.0 Å². The van der Waals surface area contributed by atoms with Crippen molar-refractivity contribution in [3.8, 4) is 0 Å². The summed E-state index contributed by atoms with van der Waals surface area (Å²) in [5, 5.41) is 0. The highest BCUT2D eigenvalue weighted by Crippen LogP contribution is 2.62. The normalized spacial score (nSPS) is 11.5. The Kier molecular flexibility index (Phi) is 70.2. The maximum Gasteiger partial charge on any atom is 0.316 e. The van der Waals surface area contributed by atoms with Crippen LogP contribution in [-0.4, -0.2) is 86.5 Å². The largest absolute Gasteiger partial charge is 0.465 e. The second kappa shape index (κ2) is 70.2. The zero-order valence-electron chi connectivity index (χ0n) is 53.6. The van der Waals surface area contributed by atoms with Crippen LogP contribution in [0.3, 0.4) is 0 Å². The van der Waals surface area contributed by atoms with Crippen LogP contribution in [0.5, 0.6) is 0 Å². The van der Waals surface area contributed by atoms with Gasteiger partial charge in [0.2, 0.25) is 0 Å². The lowest BCUT2D eigenvalue weighted by atomic mass is 10.1. The molecule has 0 radical (unpaired) electrons. The van der Waals surface area contributed by atoms with E-state index in [1.165, 1.54) is 277 Å². The van der Waals surface area contributed by atoms with Crippen molar-refractivity contribution in [2.45, 2.75) is 336 Å². The van der Waals surface area contributed by atoms with E-state index in [0.29, 0.717) is 39.6 Å².